The van der Waals surface area contributed by atoms with E-state index < -0.39 is 29.5 Å². The van der Waals surface area contributed by atoms with E-state index in [1.165, 1.54) is 18.2 Å². The molecule has 11 heteroatoms. The molecule has 4 aromatic rings. The van der Waals surface area contributed by atoms with Crippen LogP contribution in [0.15, 0.2) is 78.9 Å². The number of hydrogen-bond donors (Lipinski definition) is 3. The SMILES string of the molecule is O=C(Nc1cccc(C(F)(F)F)c1)C(=O)Nn1c(C(=O)Nc2ccccc2)cc2cc(Cl)ccc21. The Morgan fingerprint density at radius 2 is 1.49 bits per heavy atom. The zero-order valence-electron chi connectivity index (χ0n) is 17.7. The maximum atomic E-state index is 12.9. The van der Waals surface area contributed by atoms with Crippen LogP contribution in [-0.2, 0) is 15.8 Å². The summed E-state index contributed by atoms with van der Waals surface area (Å²) in [7, 11) is 0. The standard InChI is InChI=1S/C24H16ClF3N4O3/c25-16-9-10-19-14(11-16)12-20(21(33)29-17-6-2-1-3-7-17)32(19)31-23(35)22(34)30-18-8-4-5-15(13-18)24(26,27)28/h1-13H,(H,29,33)(H,30,34)(H,31,35). The summed E-state index contributed by atoms with van der Waals surface area (Å²) < 4.78 is 39.9. The van der Waals surface area contributed by atoms with E-state index in [0.717, 1.165) is 16.8 Å². The Morgan fingerprint density at radius 1 is 0.771 bits per heavy atom. The predicted octanol–water partition coefficient (Wildman–Crippen LogP) is 5.27. The average Bonchev–Trinajstić information content (AvgIpc) is 3.16. The molecule has 1 aromatic heterocycles. The van der Waals surface area contributed by atoms with E-state index in [1.807, 2.05) is 0 Å². The second kappa shape index (κ2) is 9.51. The molecule has 0 saturated carbocycles. The highest BCUT2D eigenvalue weighted by Crippen LogP contribution is 2.30. The number of aromatic nitrogens is 1. The fourth-order valence-electron chi connectivity index (χ4n) is 3.30. The van der Waals surface area contributed by atoms with Crippen LogP contribution in [0.1, 0.15) is 16.1 Å². The summed E-state index contributed by atoms with van der Waals surface area (Å²) in [6.45, 7) is 0. The van der Waals surface area contributed by atoms with Crippen molar-refractivity contribution in [3.63, 3.8) is 0 Å². The van der Waals surface area contributed by atoms with Gasteiger partial charge in [-0.25, -0.2) is 4.68 Å². The number of rotatable bonds is 4. The van der Waals surface area contributed by atoms with E-state index in [1.54, 1.807) is 42.5 Å². The molecule has 1 heterocycles. The lowest BCUT2D eigenvalue weighted by Gasteiger charge is -2.13. The lowest BCUT2D eigenvalue weighted by atomic mass is 10.2. The summed E-state index contributed by atoms with van der Waals surface area (Å²) in [5, 5.41) is 5.71. The van der Waals surface area contributed by atoms with Gasteiger partial charge in [0.15, 0.2) is 0 Å². The molecule has 3 amide bonds. The van der Waals surface area contributed by atoms with E-state index in [-0.39, 0.29) is 11.4 Å². The molecule has 0 saturated heterocycles. The summed E-state index contributed by atoms with van der Waals surface area (Å²) in [6.07, 6.45) is -4.62. The molecule has 178 valence electrons. The Hall–Kier alpha value is -4.31. The van der Waals surface area contributed by atoms with Gasteiger partial charge >= 0.3 is 18.0 Å². The Bertz CT molecular complexity index is 1440. The van der Waals surface area contributed by atoms with Gasteiger partial charge in [-0.05, 0) is 54.6 Å². The number of anilines is 2. The van der Waals surface area contributed by atoms with E-state index in [2.05, 4.69) is 16.1 Å². The van der Waals surface area contributed by atoms with Gasteiger partial charge in [0.1, 0.15) is 5.69 Å². The van der Waals surface area contributed by atoms with Gasteiger partial charge in [-0.15, -0.1) is 0 Å². The van der Waals surface area contributed by atoms with E-state index in [4.69, 9.17) is 11.6 Å². The molecule has 0 aliphatic rings. The summed E-state index contributed by atoms with van der Waals surface area (Å²) in [5.74, 6) is -3.01. The Balaban J connectivity index is 1.60. The Labute approximate surface area is 201 Å². The van der Waals surface area contributed by atoms with Crippen LogP contribution >= 0.6 is 11.6 Å². The lowest BCUT2D eigenvalue weighted by molar-refractivity contribution is -0.137. The monoisotopic (exact) mass is 500 g/mol. The number of carbonyl (C=O) groups is 3. The zero-order chi connectivity index (χ0) is 25.2. The van der Waals surface area contributed by atoms with Gasteiger partial charge in [-0.3, -0.25) is 19.8 Å². The maximum Gasteiger partial charge on any atom is 0.416 e. The van der Waals surface area contributed by atoms with Crippen LogP contribution < -0.4 is 16.1 Å². The third kappa shape index (κ3) is 5.44. The number of amides is 3. The molecule has 0 radical (unpaired) electrons. The first kappa shape index (κ1) is 23.8. The first-order valence-electron chi connectivity index (χ1n) is 10.1. The Morgan fingerprint density at radius 3 is 2.20 bits per heavy atom. The number of carbonyl (C=O) groups excluding carboxylic acids is 3. The quantitative estimate of drug-likeness (QED) is 0.333. The molecule has 3 aromatic carbocycles. The van der Waals surface area contributed by atoms with Gasteiger partial charge in [0.05, 0.1) is 11.1 Å². The largest absolute Gasteiger partial charge is 0.416 e. The fraction of sp³-hybridized carbons (Fsp3) is 0.0417. The van der Waals surface area contributed by atoms with Crippen LogP contribution in [0.4, 0.5) is 24.5 Å². The summed E-state index contributed by atoms with van der Waals surface area (Å²) >= 11 is 6.04. The van der Waals surface area contributed by atoms with Crippen molar-refractivity contribution < 1.29 is 27.6 Å². The molecule has 3 N–H and O–H groups in total. The normalized spacial score (nSPS) is 11.2. The molecule has 0 spiro atoms. The van der Waals surface area contributed by atoms with E-state index in [9.17, 15) is 27.6 Å². The Kier molecular flexibility index (Phi) is 6.48. The fourth-order valence-corrected chi connectivity index (χ4v) is 3.48. The number of para-hydroxylation sites is 1. The van der Waals surface area contributed by atoms with Crippen LogP contribution in [0, 0.1) is 0 Å². The average molecular weight is 501 g/mol. The number of fused-ring (bicyclic) bond motifs is 1. The van der Waals surface area contributed by atoms with Crippen molar-refractivity contribution in [3.05, 3.63) is 95.1 Å². The van der Waals surface area contributed by atoms with Crippen molar-refractivity contribution in [2.45, 2.75) is 6.18 Å². The smallest absolute Gasteiger partial charge is 0.321 e. The number of nitrogens with one attached hydrogen (secondary N) is 3. The van der Waals surface area contributed by atoms with Gasteiger partial charge < -0.3 is 10.6 Å². The number of alkyl halides is 3. The molecule has 7 nitrogen and oxygen atoms in total. The molecular formula is C24H16ClF3N4O3. The zero-order valence-corrected chi connectivity index (χ0v) is 18.4. The number of benzene rings is 3. The first-order chi connectivity index (χ1) is 16.6. The molecule has 35 heavy (non-hydrogen) atoms. The molecule has 0 aliphatic heterocycles. The maximum absolute atomic E-state index is 12.9. The number of hydrogen-bond acceptors (Lipinski definition) is 3. The number of halogens is 4. The highest BCUT2D eigenvalue weighted by Gasteiger charge is 2.30. The topological polar surface area (TPSA) is 92.2 Å². The van der Waals surface area contributed by atoms with Gasteiger partial charge in [-0.1, -0.05) is 35.9 Å². The minimum Gasteiger partial charge on any atom is -0.321 e. The van der Waals surface area contributed by atoms with Crippen molar-refractivity contribution in [2.24, 2.45) is 0 Å². The van der Waals surface area contributed by atoms with Gasteiger partial charge in [0.2, 0.25) is 0 Å². The van der Waals surface area contributed by atoms with Crippen LogP contribution in [0.2, 0.25) is 5.02 Å². The predicted molar refractivity (Wildman–Crippen MR) is 126 cm³/mol. The minimum absolute atomic E-state index is 0.00802. The van der Waals surface area contributed by atoms with Crippen molar-refractivity contribution in [2.75, 3.05) is 16.1 Å². The summed E-state index contributed by atoms with van der Waals surface area (Å²) in [4.78, 5) is 38.0. The third-order valence-electron chi connectivity index (χ3n) is 4.90. The molecule has 4 rings (SSSR count). The van der Waals surface area contributed by atoms with Crippen LogP contribution in [-0.4, -0.2) is 22.4 Å². The molecule has 0 unspecified atom stereocenters. The molecular weight excluding hydrogens is 485 g/mol. The van der Waals surface area contributed by atoms with Gasteiger partial charge in [0.25, 0.3) is 5.91 Å². The molecule has 0 atom stereocenters. The minimum atomic E-state index is -4.62. The van der Waals surface area contributed by atoms with Crippen molar-refractivity contribution in [3.8, 4) is 0 Å². The van der Waals surface area contributed by atoms with Crippen LogP contribution in [0.3, 0.4) is 0 Å². The van der Waals surface area contributed by atoms with Crippen molar-refractivity contribution in [1.82, 2.24) is 4.68 Å². The van der Waals surface area contributed by atoms with Crippen LogP contribution in [0.5, 0.6) is 0 Å². The van der Waals surface area contributed by atoms with Crippen LogP contribution in [0.25, 0.3) is 10.9 Å². The van der Waals surface area contributed by atoms with Crippen molar-refractivity contribution in [1.29, 1.82) is 0 Å². The summed E-state index contributed by atoms with van der Waals surface area (Å²) in [5.41, 5.74) is 1.99. The molecule has 0 bridgehead atoms. The number of nitrogens with zero attached hydrogens (tertiary/aromatic N) is 1. The third-order valence-corrected chi connectivity index (χ3v) is 5.13. The lowest BCUT2D eigenvalue weighted by Crippen LogP contribution is -2.36. The second-order valence-electron chi connectivity index (χ2n) is 7.36. The molecule has 0 aliphatic carbocycles. The highest BCUT2D eigenvalue weighted by molar-refractivity contribution is 6.42. The molecule has 0 fully saturated rings. The second-order valence-corrected chi connectivity index (χ2v) is 7.80. The van der Waals surface area contributed by atoms with Crippen molar-refractivity contribution >= 4 is 51.6 Å². The van der Waals surface area contributed by atoms with Gasteiger partial charge in [-0.2, -0.15) is 13.2 Å². The highest BCUT2D eigenvalue weighted by atomic mass is 35.5. The first-order valence-corrected chi connectivity index (χ1v) is 10.5. The van der Waals surface area contributed by atoms with E-state index >= 15 is 0 Å². The van der Waals surface area contributed by atoms with Gasteiger partial charge in [0, 0.05) is 21.8 Å². The van der Waals surface area contributed by atoms with E-state index in [0.29, 0.717) is 27.7 Å². The summed E-state index contributed by atoms with van der Waals surface area (Å²) in [6, 6.07) is 18.6.